The van der Waals surface area contributed by atoms with Crippen LogP contribution in [0.5, 0.6) is 0 Å². The van der Waals surface area contributed by atoms with Crippen molar-refractivity contribution in [3.63, 3.8) is 0 Å². The van der Waals surface area contributed by atoms with Crippen LogP contribution in [0.1, 0.15) is 18.2 Å². The van der Waals surface area contributed by atoms with Crippen LogP contribution in [0.3, 0.4) is 0 Å². The highest BCUT2D eigenvalue weighted by molar-refractivity contribution is 7.92. The molecule has 0 bridgehead atoms. The Morgan fingerprint density at radius 3 is 2.75 bits per heavy atom. The van der Waals surface area contributed by atoms with E-state index in [-0.39, 0.29) is 4.90 Å². The Balaban J connectivity index is 2.28. The summed E-state index contributed by atoms with van der Waals surface area (Å²) in [6.45, 7) is 4.48. The molecule has 0 aliphatic carbocycles. The van der Waals surface area contributed by atoms with E-state index in [1.807, 2.05) is 19.1 Å². The van der Waals surface area contributed by atoms with Gasteiger partial charge in [0, 0.05) is 12.2 Å². The van der Waals surface area contributed by atoms with Crippen molar-refractivity contribution in [1.82, 2.24) is 10.2 Å². The molecule has 0 atom stereocenters. The van der Waals surface area contributed by atoms with Crippen molar-refractivity contribution in [1.29, 1.82) is 0 Å². The topological polar surface area (TPSA) is 84.1 Å². The van der Waals surface area contributed by atoms with Crippen molar-refractivity contribution in [2.24, 2.45) is 0 Å². The predicted octanol–water partition coefficient (Wildman–Crippen LogP) is 2.06. The molecule has 0 amide bonds. The number of hydrogen-bond acceptors (Lipinski definition) is 4. The Morgan fingerprint density at radius 1 is 1.35 bits per heavy atom. The highest BCUT2D eigenvalue weighted by atomic mass is 32.2. The molecule has 2 rings (SSSR count). The van der Waals surface area contributed by atoms with E-state index in [4.69, 9.17) is 4.74 Å². The van der Waals surface area contributed by atoms with E-state index in [1.54, 1.807) is 19.1 Å². The van der Waals surface area contributed by atoms with Crippen molar-refractivity contribution >= 4 is 15.7 Å². The maximum atomic E-state index is 12.3. The molecule has 6 nitrogen and oxygen atoms in total. The number of hydrogen-bond donors (Lipinski definition) is 2. The number of aromatic amines is 1. The van der Waals surface area contributed by atoms with Gasteiger partial charge in [0.25, 0.3) is 10.0 Å². The third-order valence-electron chi connectivity index (χ3n) is 2.80. The van der Waals surface area contributed by atoms with E-state index in [0.717, 1.165) is 5.56 Å². The molecule has 2 aromatic rings. The SMILES string of the molecule is CCOCc1ccccc1NS(=O)(=O)c1cn[nH]c1C. The predicted molar refractivity (Wildman–Crippen MR) is 75.9 cm³/mol. The van der Waals surface area contributed by atoms with Gasteiger partial charge in [0.2, 0.25) is 0 Å². The molecule has 1 heterocycles. The minimum Gasteiger partial charge on any atom is -0.377 e. The molecule has 0 aliphatic rings. The van der Waals surface area contributed by atoms with Crippen LogP contribution in [0.15, 0.2) is 35.4 Å². The molecule has 0 spiro atoms. The highest BCUT2D eigenvalue weighted by Crippen LogP contribution is 2.21. The average Bonchev–Trinajstić information content (AvgIpc) is 2.84. The van der Waals surface area contributed by atoms with Crippen LogP contribution in [-0.2, 0) is 21.4 Å². The third kappa shape index (κ3) is 3.17. The molecule has 1 aromatic heterocycles. The maximum absolute atomic E-state index is 12.3. The number of nitrogens with zero attached hydrogens (tertiary/aromatic N) is 1. The van der Waals surface area contributed by atoms with E-state index in [2.05, 4.69) is 14.9 Å². The Labute approximate surface area is 118 Å². The van der Waals surface area contributed by atoms with Crippen molar-refractivity contribution in [2.45, 2.75) is 25.3 Å². The normalized spacial score (nSPS) is 11.5. The molecule has 1 aromatic carbocycles. The lowest BCUT2D eigenvalue weighted by molar-refractivity contribution is 0.134. The quantitative estimate of drug-likeness (QED) is 0.854. The second-order valence-corrected chi connectivity index (χ2v) is 5.91. The summed E-state index contributed by atoms with van der Waals surface area (Å²) in [6, 6.07) is 7.15. The summed E-state index contributed by atoms with van der Waals surface area (Å²) in [7, 11) is -3.65. The van der Waals surface area contributed by atoms with Crippen molar-refractivity contribution in [3.8, 4) is 0 Å². The summed E-state index contributed by atoms with van der Waals surface area (Å²) in [5.41, 5.74) is 1.81. The van der Waals surface area contributed by atoms with Crippen molar-refractivity contribution in [3.05, 3.63) is 41.7 Å². The highest BCUT2D eigenvalue weighted by Gasteiger charge is 2.19. The summed E-state index contributed by atoms with van der Waals surface area (Å²) in [6.07, 6.45) is 1.29. The van der Waals surface area contributed by atoms with Crippen molar-refractivity contribution < 1.29 is 13.2 Å². The molecule has 0 unspecified atom stereocenters. The fraction of sp³-hybridized carbons (Fsp3) is 0.308. The van der Waals surface area contributed by atoms with Crippen LogP contribution >= 0.6 is 0 Å². The number of aromatic nitrogens is 2. The van der Waals surface area contributed by atoms with Gasteiger partial charge in [-0.2, -0.15) is 5.10 Å². The van der Waals surface area contributed by atoms with Gasteiger partial charge in [-0.05, 0) is 19.9 Å². The largest absolute Gasteiger partial charge is 0.377 e. The van der Waals surface area contributed by atoms with E-state index < -0.39 is 10.0 Å². The van der Waals surface area contributed by atoms with Gasteiger partial charge >= 0.3 is 0 Å². The molecule has 0 aliphatic heterocycles. The van der Waals surface area contributed by atoms with Crippen LogP contribution in [0.2, 0.25) is 0 Å². The van der Waals surface area contributed by atoms with Gasteiger partial charge in [-0.15, -0.1) is 0 Å². The number of para-hydroxylation sites is 1. The number of benzene rings is 1. The zero-order valence-corrected chi connectivity index (χ0v) is 12.2. The van der Waals surface area contributed by atoms with Crippen LogP contribution < -0.4 is 4.72 Å². The Bertz CT molecular complexity index is 680. The van der Waals surface area contributed by atoms with Gasteiger partial charge in [-0.1, -0.05) is 18.2 Å². The zero-order chi connectivity index (χ0) is 14.6. The van der Waals surface area contributed by atoms with E-state index >= 15 is 0 Å². The Hall–Kier alpha value is -1.86. The number of sulfonamides is 1. The summed E-state index contributed by atoms with van der Waals surface area (Å²) >= 11 is 0. The minimum absolute atomic E-state index is 0.142. The van der Waals surface area contributed by atoms with Crippen LogP contribution in [0.4, 0.5) is 5.69 Å². The molecule has 0 saturated heterocycles. The van der Waals surface area contributed by atoms with Gasteiger partial charge in [-0.25, -0.2) is 8.42 Å². The fourth-order valence-corrected chi connectivity index (χ4v) is 3.01. The smallest absolute Gasteiger partial charge is 0.265 e. The number of anilines is 1. The molecule has 0 radical (unpaired) electrons. The van der Waals surface area contributed by atoms with Gasteiger partial charge < -0.3 is 4.74 Å². The number of nitrogens with one attached hydrogen (secondary N) is 2. The lowest BCUT2D eigenvalue weighted by Crippen LogP contribution is -2.15. The first kappa shape index (κ1) is 14.5. The van der Waals surface area contributed by atoms with Gasteiger partial charge in [-0.3, -0.25) is 9.82 Å². The second kappa shape index (κ2) is 6.06. The molecule has 0 saturated carbocycles. The van der Waals surface area contributed by atoms with E-state index in [1.165, 1.54) is 6.20 Å². The first-order valence-corrected chi connectivity index (χ1v) is 7.71. The molecule has 0 fully saturated rings. The van der Waals surface area contributed by atoms with Gasteiger partial charge in [0.1, 0.15) is 4.90 Å². The number of rotatable bonds is 6. The standard InChI is InChI=1S/C13H17N3O3S/c1-3-19-9-11-6-4-5-7-12(11)16-20(17,18)13-8-14-15-10(13)2/h4-8,16H,3,9H2,1-2H3,(H,14,15). The summed E-state index contributed by atoms with van der Waals surface area (Å²) in [5.74, 6) is 0. The fourth-order valence-electron chi connectivity index (χ4n) is 1.77. The summed E-state index contributed by atoms with van der Waals surface area (Å²) in [5, 5.41) is 6.35. The van der Waals surface area contributed by atoms with Gasteiger partial charge in [0.05, 0.1) is 24.2 Å². The number of ether oxygens (including phenoxy) is 1. The lowest BCUT2D eigenvalue weighted by Gasteiger charge is -2.12. The van der Waals surface area contributed by atoms with E-state index in [0.29, 0.717) is 24.6 Å². The first-order chi connectivity index (χ1) is 9.54. The zero-order valence-electron chi connectivity index (χ0n) is 11.4. The second-order valence-electron chi connectivity index (χ2n) is 4.26. The first-order valence-electron chi connectivity index (χ1n) is 6.23. The molecule has 7 heteroatoms. The summed E-state index contributed by atoms with van der Waals surface area (Å²) in [4.78, 5) is 0.142. The average molecular weight is 295 g/mol. The summed E-state index contributed by atoms with van der Waals surface area (Å²) < 4.78 is 32.5. The molecule has 2 N–H and O–H groups in total. The third-order valence-corrected chi connectivity index (χ3v) is 4.28. The molecular formula is C13H17N3O3S. The van der Waals surface area contributed by atoms with Crippen LogP contribution in [-0.4, -0.2) is 25.2 Å². The van der Waals surface area contributed by atoms with Crippen molar-refractivity contribution in [2.75, 3.05) is 11.3 Å². The van der Waals surface area contributed by atoms with E-state index in [9.17, 15) is 8.42 Å². The Kier molecular flexibility index (Phi) is 4.41. The van der Waals surface area contributed by atoms with Crippen LogP contribution in [0, 0.1) is 6.92 Å². The van der Waals surface area contributed by atoms with Gasteiger partial charge in [0.15, 0.2) is 0 Å². The lowest BCUT2D eigenvalue weighted by atomic mass is 10.2. The number of aryl methyl sites for hydroxylation is 1. The monoisotopic (exact) mass is 295 g/mol. The molecule has 108 valence electrons. The maximum Gasteiger partial charge on any atom is 0.265 e. The molecule has 20 heavy (non-hydrogen) atoms. The Morgan fingerprint density at radius 2 is 2.10 bits per heavy atom. The number of H-pyrrole nitrogens is 1. The molecular weight excluding hydrogens is 278 g/mol. The minimum atomic E-state index is -3.65. The van der Waals surface area contributed by atoms with Crippen LogP contribution in [0.25, 0.3) is 0 Å².